The van der Waals surface area contributed by atoms with E-state index in [9.17, 15) is 0 Å². The van der Waals surface area contributed by atoms with Gasteiger partial charge in [-0.1, -0.05) is 33.1 Å². The molecule has 0 aromatic rings. The van der Waals surface area contributed by atoms with E-state index in [1.54, 1.807) is 0 Å². The zero-order valence-electron chi connectivity index (χ0n) is 15.7. The molecule has 1 atom stereocenters. The molecule has 2 heterocycles. The molecule has 2 saturated heterocycles. The fourth-order valence-electron chi connectivity index (χ4n) is 4.79. The van der Waals surface area contributed by atoms with E-state index in [4.69, 9.17) is 4.74 Å². The van der Waals surface area contributed by atoms with Crippen LogP contribution in [-0.4, -0.2) is 29.5 Å². The summed E-state index contributed by atoms with van der Waals surface area (Å²) < 4.78 is 6.54. The summed E-state index contributed by atoms with van der Waals surface area (Å²) in [6.07, 6.45) is 8.96. The van der Waals surface area contributed by atoms with Gasteiger partial charge in [0.2, 0.25) is 0 Å². The molecule has 1 unspecified atom stereocenters. The van der Waals surface area contributed by atoms with Crippen molar-refractivity contribution in [2.75, 3.05) is 6.54 Å². The van der Waals surface area contributed by atoms with Gasteiger partial charge in [-0.2, -0.15) is 0 Å². The Labute approximate surface area is 138 Å². The number of ether oxygens (including phenoxy) is 1. The molecule has 0 amide bonds. The van der Waals surface area contributed by atoms with Crippen molar-refractivity contribution >= 4 is 0 Å². The second-order valence-corrected chi connectivity index (χ2v) is 9.45. The van der Waals surface area contributed by atoms with Crippen LogP contribution in [0, 0.1) is 5.92 Å². The van der Waals surface area contributed by atoms with Crippen LogP contribution in [0.25, 0.3) is 0 Å². The maximum atomic E-state index is 6.54. The lowest BCUT2D eigenvalue weighted by Gasteiger charge is -2.51. The van der Waals surface area contributed by atoms with Gasteiger partial charge in [-0.15, -0.1) is 0 Å². The Morgan fingerprint density at radius 2 is 1.64 bits per heavy atom. The van der Waals surface area contributed by atoms with Gasteiger partial charge in [-0.3, -0.25) is 5.32 Å². The van der Waals surface area contributed by atoms with Gasteiger partial charge in [-0.25, -0.2) is 0 Å². The highest BCUT2D eigenvalue weighted by Crippen LogP contribution is 2.41. The number of hydrogen-bond donors (Lipinski definition) is 2. The predicted octanol–water partition coefficient (Wildman–Crippen LogP) is 4.22. The topological polar surface area (TPSA) is 33.3 Å². The van der Waals surface area contributed by atoms with Crippen LogP contribution < -0.4 is 10.6 Å². The molecule has 2 N–H and O–H groups in total. The van der Waals surface area contributed by atoms with Crippen LogP contribution in [0.15, 0.2) is 0 Å². The molecule has 22 heavy (non-hydrogen) atoms. The average molecular weight is 311 g/mol. The zero-order chi connectivity index (χ0) is 16.4. The molecule has 0 aliphatic carbocycles. The van der Waals surface area contributed by atoms with Crippen LogP contribution in [0.3, 0.4) is 0 Å². The molecule has 2 rings (SSSR count). The molecular formula is C19H38N2O. The monoisotopic (exact) mass is 310 g/mol. The summed E-state index contributed by atoms with van der Waals surface area (Å²) in [5.74, 6) is 0.836. The first-order valence-electron chi connectivity index (χ1n) is 9.32. The Bertz CT molecular complexity index is 346. The molecule has 2 fully saturated rings. The number of hydrogen-bond acceptors (Lipinski definition) is 3. The molecule has 2 aliphatic rings. The third-order valence-electron chi connectivity index (χ3n) is 5.00. The van der Waals surface area contributed by atoms with Gasteiger partial charge in [0, 0.05) is 17.6 Å². The van der Waals surface area contributed by atoms with Gasteiger partial charge in [-0.05, 0) is 59.3 Å². The highest BCUT2D eigenvalue weighted by atomic mass is 16.5. The second kappa shape index (κ2) is 6.78. The largest absolute Gasteiger partial charge is 0.355 e. The quantitative estimate of drug-likeness (QED) is 0.721. The number of unbranched alkanes of at least 4 members (excludes halogenated alkanes) is 2. The maximum absolute atomic E-state index is 6.54. The Balaban J connectivity index is 1.79. The third kappa shape index (κ3) is 5.21. The van der Waals surface area contributed by atoms with E-state index in [0.717, 1.165) is 31.7 Å². The van der Waals surface area contributed by atoms with Gasteiger partial charge in [0.15, 0.2) is 0 Å². The Morgan fingerprint density at radius 3 is 2.23 bits per heavy atom. The van der Waals surface area contributed by atoms with E-state index in [0.29, 0.717) is 0 Å². The van der Waals surface area contributed by atoms with E-state index in [-0.39, 0.29) is 22.9 Å². The molecule has 3 nitrogen and oxygen atoms in total. The molecule has 2 aliphatic heterocycles. The van der Waals surface area contributed by atoms with Crippen molar-refractivity contribution in [3.63, 3.8) is 0 Å². The summed E-state index contributed by atoms with van der Waals surface area (Å²) in [6, 6.07) is 0. The summed E-state index contributed by atoms with van der Waals surface area (Å²) in [7, 11) is 0. The summed E-state index contributed by atoms with van der Waals surface area (Å²) in [6.45, 7) is 14.9. The van der Waals surface area contributed by atoms with E-state index >= 15 is 0 Å². The van der Waals surface area contributed by atoms with Gasteiger partial charge in [0.25, 0.3) is 0 Å². The van der Waals surface area contributed by atoms with Crippen molar-refractivity contribution in [2.24, 2.45) is 5.92 Å². The van der Waals surface area contributed by atoms with Crippen LogP contribution >= 0.6 is 0 Å². The molecule has 0 bridgehead atoms. The predicted molar refractivity (Wildman–Crippen MR) is 94.1 cm³/mol. The Hall–Kier alpha value is -0.120. The highest BCUT2D eigenvalue weighted by molar-refractivity contribution is 5.08. The summed E-state index contributed by atoms with van der Waals surface area (Å²) >= 11 is 0. The lowest BCUT2D eigenvalue weighted by Crippen LogP contribution is -2.64. The second-order valence-electron chi connectivity index (χ2n) is 9.45. The van der Waals surface area contributed by atoms with Crippen molar-refractivity contribution in [3.05, 3.63) is 0 Å². The fourth-order valence-corrected chi connectivity index (χ4v) is 4.79. The number of rotatable bonds is 6. The van der Waals surface area contributed by atoms with Gasteiger partial charge in [0.05, 0.1) is 5.60 Å². The van der Waals surface area contributed by atoms with Crippen LogP contribution in [0.1, 0.15) is 86.5 Å². The number of nitrogens with one attached hydrogen (secondary N) is 2. The Kier molecular flexibility index (Phi) is 5.62. The van der Waals surface area contributed by atoms with E-state index in [1.165, 1.54) is 25.7 Å². The molecule has 0 aromatic carbocycles. The molecule has 0 radical (unpaired) electrons. The SMILES string of the molecule is CC(C)CCCCCC1NCC2(CC(C)(C)NC(C)(C)C2)O1. The van der Waals surface area contributed by atoms with Crippen molar-refractivity contribution < 1.29 is 4.74 Å². The first kappa shape index (κ1) is 18.2. The summed E-state index contributed by atoms with van der Waals surface area (Å²) in [5, 5.41) is 7.40. The number of piperidine rings is 1. The molecule has 3 heteroatoms. The summed E-state index contributed by atoms with van der Waals surface area (Å²) in [4.78, 5) is 0. The van der Waals surface area contributed by atoms with E-state index in [1.807, 2.05) is 0 Å². The highest BCUT2D eigenvalue weighted by Gasteiger charge is 2.51. The van der Waals surface area contributed by atoms with Crippen LogP contribution in [0.4, 0.5) is 0 Å². The Morgan fingerprint density at radius 1 is 1.00 bits per heavy atom. The zero-order valence-corrected chi connectivity index (χ0v) is 15.7. The molecule has 130 valence electrons. The minimum Gasteiger partial charge on any atom is -0.355 e. The maximum Gasteiger partial charge on any atom is 0.109 e. The van der Waals surface area contributed by atoms with Gasteiger partial charge in [0.1, 0.15) is 6.23 Å². The normalized spacial score (nSPS) is 29.3. The van der Waals surface area contributed by atoms with Crippen molar-refractivity contribution in [2.45, 2.75) is 109 Å². The first-order valence-corrected chi connectivity index (χ1v) is 9.32. The van der Waals surface area contributed by atoms with E-state index < -0.39 is 0 Å². The van der Waals surface area contributed by atoms with Gasteiger partial charge >= 0.3 is 0 Å². The molecule has 1 spiro atoms. The van der Waals surface area contributed by atoms with E-state index in [2.05, 4.69) is 52.2 Å². The van der Waals surface area contributed by atoms with Crippen LogP contribution in [0.2, 0.25) is 0 Å². The fraction of sp³-hybridized carbons (Fsp3) is 1.00. The van der Waals surface area contributed by atoms with Crippen molar-refractivity contribution in [3.8, 4) is 0 Å². The van der Waals surface area contributed by atoms with Crippen molar-refractivity contribution in [1.29, 1.82) is 0 Å². The minimum atomic E-state index is 0.0286. The molecule has 0 saturated carbocycles. The van der Waals surface area contributed by atoms with Crippen LogP contribution in [-0.2, 0) is 4.74 Å². The lowest BCUT2D eigenvalue weighted by molar-refractivity contribution is -0.0990. The molecule has 0 aromatic heterocycles. The standard InChI is InChI=1S/C19H38N2O/c1-15(2)10-8-7-9-11-16-20-14-19(22-16)12-17(3,4)21-18(5,6)13-19/h15-16,20-21H,7-14H2,1-6H3. The molecular weight excluding hydrogens is 272 g/mol. The average Bonchev–Trinajstić information content (AvgIpc) is 2.66. The third-order valence-corrected chi connectivity index (χ3v) is 5.00. The van der Waals surface area contributed by atoms with Crippen LogP contribution in [0.5, 0.6) is 0 Å². The van der Waals surface area contributed by atoms with Gasteiger partial charge < -0.3 is 10.1 Å². The smallest absolute Gasteiger partial charge is 0.109 e. The summed E-state index contributed by atoms with van der Waals surface area (Å²) in [5.41, 5.74) is 0.325. The van der Waals surface area contributed by atoms with Crippen molar-refractivity contribution in [1.82, 2.24) is 10.6 Å². The first-order chi connectivity index (χ1) is 10.1. The lowest BCUT2D eigenvalue weighted by atomic mass is 9.73. The minimum absolute atomic E-state index is 0.0286.